The predicted octanol–water partition coefficient (Wildman–Crippen LogP) is -0.317. The number of hydrogen-bond acceptors (Lipinski definition) is 4. The van der Waals surface area contributed by atoms with Crippen molar-refractivity contribution in [2.75, 3.05) is 13.7 Å². The first kappa shape index (κ1) is 10.4. The molecule has 0 aliphatic carbocycles. The zero-order valence-electron chi connectivity index (χ0n) is 6.62. The van der Waals surface area contributed by atoms with E-state index in [0.717, 1.165) is 0 Å². The van der Waals surface area contributed by atoms with Gasteiger partial charge in [0.2, 0.25) is 0 Å². The fraction of sp³-hybridized carbons (Fsp3) is 0.857. The van der Waals surface area contributed by atoms with Crippen molar-refractivity contribution >= 4 is 5.97 Å². The van der Waals surface area contributed by atoms with E-state index in [1.807, 2.05) is 0 Å². The number of hydrogen-bond donors (Lipinski definition) is 2. The Bertz CT molecular complexity index is 113. The summed E-state index contributed by atoms with van der Waals surface area (Å²) in [6, 6.07) is 0. The van der Waals surface area contributed by atoms with Gasteiger partial charge in [0.25, 0.3) is 0 Å². The first-order chi connectivity index (χ1) is 5.20. The molecule has 11 heavy (non-hydrogen) atoms. The van der Waals surface area contributed by atoms with Crippen LogP contribution in [0.2, 0.25) is 0 Å². The molecule has 0 aromatic heterocycles. The highest BCUT2D eigenvalue weighted by Crippen LogP contribution is 2.00. The molecule has 1 atom stereocenters. The van der Waals surface area contributed by atoms with Crippen LogP contribution in [0.3, 0.4) is 0 Å². The highest BCUT2D eigenvalue weighted by atomic mass is 16.5. The van der Waals surface area contributed by atoms with Gasteiger partial charge < -0.3 is 14.9 Å². The second-order valence-electron chi connectivity index (χ2n) is 2.30. The number of esters is 1. The van der Waals surface area contributed by atoms with Crippen LogP contribution >= 0.6 is 0 Å². The van der Waals surface area contributed by atoms with Gasteiger partial charge in [-0.25, -0.2) is 0 Å². The van der Waals surface area contributed by atoms with Gasteiger partial charge in [-0.05, 0) is 12.8 Å². The number of carbonyl (C=O) groups is 1. The second-order valence-corrected chi connectivity index (χ2v) is 2.30. The lowest BCUT2D eigenvalue weighted by molar-refractivity contribution is -0.140. The van der Waals surface area contributed by atoms with Gasteiger partial charge in [-0.3, -0.25) is 4.79 Å². The van der Waals surface area contributed by atoms with Crippen molar-refractivity contribution in [2.24, 2.45) is 0 Å². The molecule has 0 aliphatic rings. The third-order valence-electron chi connectivity index (χ3n) is 1.36. The average molecular weight is 162 g/mol. The smallest absolute Gasteiger partial charge is 0.305 e. The molecular weight excluding hydrogens is 148 g/mol. The van der Waals surface area contributed by atoms with Crippen LogP contribution < -0.4 is 0 Å². The lowest BCUT2D eigenvalue weighted by Gasteiger charge is -2.04. The summed E-state index contributed by atoms with van der Waals surface area (Å²) in [5.41, 5.74) is 0. The molecule has 0 aromatic carbocycles. The number of carbonyl (C=O) groups excluding carboxylic acids is 1. The molecule has 4 nitrogen and oxygen atoms in total. The van der Waals surface area contributed by atoms with Gasteiger partial charge in [0.1, 0.15) is 0 Å². The molecule has 66 valence electrons. The summed E-state index contributed by atoms with van der Waals surface area (Å²) in [6.45, 7) is -0.249. The van der Waals surface area contributed by atoms with Gasteiger partial charge in [0.15, 0.2) is 0 Å². The van der Waals surface area contributed by atoms with Crippen LogP contribution in [0.15, 0.2) is 0 Å². The number of aliphatic hydroxyl groups is 2. The highest BCUT2D eigenvalue weighted by Gasteiger charge is 2.04. The lowest BCUT2D eigenvalue weighted by atomic mass is 10.2. The average Bonchev–Trinajstić information content (AvgIpc) is 2.04. The number of aliphatic hydroxyl groups excluding tert-OH is 2. The molecule has 0 aromatic rings. The first-order valence-corrected chi connectivity index (χ1v) is 3.56. The van der Waals surface area contributed by atoms with Gasteiger partial charge >= 0.3 is 5.97 Å². The van der Waals surface area contributed by atoms with E-state index in [1.165, 1.54) is 7.11 Å². The Labute approximate surface area is 65.8 Å². The minimum Gasteiger partial charge on any atom is -0.469 e. The van der Waals surface area contributed by atoms with Crippen molar-refractivity contribution in [1.82, 2.24) is 0 Å². The molecule has 0 amide bonds. The van der Waals surface area contributed by atoms with Crippen LogP contribution in [0, 0.1) is 0 Å². The maximum absolute atomic E-state index is 10.5. The highest BCUT2D eigenvalue weighted by molar-refractivity contribution is 5.68. The van der Waals surface area contributed by atoms with E-state index < -0.39 is 6.10 Å². The van der Waals surface area contributed by atoms with Gasteiger partial charge in [0, 0.05) is 6.42 Å². The summed E-state index contributed by atoms with van der Waals surface area (Å²) < 4.78 is 4.38. The third-order valence-corrected chi connectivity index (χ3v) is 1.36. The monoisotopic (exact) mass is 162 g/mol. The molecule has 0 rings (SSSR count). The zero-order valence-corrected chi connectivity index (χ0v) is 6.62. The SMILES string of the molecule is COC(=O)CCC[C@H](O)CO. The molecular formula is C7H14O4. The Hall–Kier alpha value is -0.610. The molecule has 0 unspecified atom stereocenters. The largest absolute Gasteiger partial charge is 0.469 e. The van der Waals surface area contributed by atoms with Crippen LogP contribution in [0.4, 0.5) is 0 Å². The quantitative estimate of drug-likeness (QED) is 0.544. The van der Waals surface area contributed by atoms with E-state index in [-0.39, 0.29) is 12.6 Å². The minimum atomic E-state index is -0.709. The fourth-order valence-corrected chi connectivity index (χ4v) is 0.675. The van der Waals surface area contributed by atoms with Crippen molar-refractivity contribution in [3.05, 3.63) is 0 Å². The van der Waals surface area contributed by atoms with Gasteiger partial charge in [0.05, 0.1) is 19.8 Å². The summed E-state index contributed by atoms with van der Waals surface area (Å²) in [5, 5.41) is 17.2. The van der Waals surface area contributed by atoms with Crippen LogP contribution in [0.1, 0.15) is 19.3 Å². The number of ether oxygens (including phenoxy) is 1. The molecule has 0 saturated heterocycles. The Kier molecular flexibility index (Phi) is 5.78. The molecule has 4 heteroatoms. The van der Waals surface area contributed by atoms with Crippen molar-refractivity contribution < 1.29 is 19.7 Å². The summed E-state index contributed by atoms with van der Waals surface area (Å²) in [5.74, 6) is -0.282. The van der Waals surface area contributed by atoms with E-state index in [4.69, 9.17) is 10.2 Å². The normalized spacial score (nSPS) is 12.6. The van der Waals surface area contributed by atoms with E-state index in [9.17, 15) is 4.79 Å². The predicted molar refractivity (Wildman–Crippen MR) is 39.0 cm³/mol. The van der Waals surface area contributed by atoms with Crippen LogP contribution in [0.25, 0.3) is 0 Å². The lowest BCUT2D eigenvalue weighted by Crippen LogP contribution is -2.12. The zero-order chi connectivity index (χ0) is 8.69. The molecule has 2 N–H and O–H groups in total. The summed E-state index contributed by atoms with van der Waals surface area (Å²) in [7, 11) is 1.32. The molecule has 0 bridgehead atoms. The Balaban J connectivity index is 3.20. The number of methoxy groups -OCH3 is 1. The Morgan fingerprint density at radius 2 is 2.27 bits per heavy atom. The molecule has 0 saturated carbocycles. The van der Waals surface area contributed by atoms with Gasteiger partial charge in [-0.2, -0.15) is 0 Å². The Morgan fingerprint density at radius 1 is 1.64 bits per heavy atom. The topological polar surface area (TPSA) is 66.8 Å². The first-order valence-electron chi connectivity index (χ1n) is 3.56. The van der Waals surface area contributed by atoms with Crippen LogP contribution in [-0.4, -0.2) is 36.0 Å². The van der Waals surface area contributed by atoms with Crippen LogP contribution in [-0.2, 0) is 9.53 Å². The molecule has 0 spiro atoms. The van der Waals surface area contributed by atoms with Gasteiger partial charge in [-0.15, -0.1) is 0 Å². The third kappa shape index (κ3) is 5.82. The van der Waals surface area contributed by atoms with Crippen molar-refractivity contribution in [3.63, 3.8) is 0 Å². The van der Waals surface area contributed by atoms with Crippen molar-refractivity contribution in [3.8, 4) is 0 Å². The van der Waals surface area contributed by atoms with E-state index in [1.54, 1.807) is 0 Å². The summed E-state index contributed by atoms with van der Waals surface area (Å²) in [4.78, 5) is 10.5. The van der Waals surface area contributed by atoms with Crippen molar-refractivity contribution in [1.29, 1.82) is 0 Å². The van der Waals surface area contributed by atoms with Crippen LogP contribution in [0.5, 0.6) is 0 Å². The summed E-state index contributed by atoms with van der Waals surface area (Å²) >= 11 is 0. The van der Waals surface area contributed by atoms with E-state index in [0.29, 0.717) is 19.3 Å². The molecule has 0 radical (unpaired) electrons. The minimum absolute atomic E-state index is 0.249. The standard InChI is InChI=1S/C7H14O4/c1-11-7(10)4-2-3-6(9)5-8/h6,8-9H,2-5H2,1H3/t6-/m0/s1. The number of rotatable bonds is 5. The molecule has 0 heterocycles. The second kappa shape index (κ2) is 6.12. The molecule has 0 aliphatic heterocycles. The van der Waals surface area contributed by atoms with E-state index in [2.05, 4.69) is 4.74 Å². The fourth-order valence-electron chi connectivity index (χ4n) is 0.675. The van der Waals surface area contributed by atoms with Crippen molar-refractivity contribution in [2.45, 2.75) is 25.4 Å². The molecule has 0 fully saturated rings. The van der Waals surface area contributed by atoms with Gasteiger partial charge in [-0.1, -0.05) is 0 Å². The Morgan fingerprint density at radius 3 is 2.73 bits per heavy atom. The maximum Gasteiger partial charge on any atom is 0.305 e. The van der Waals surface area contributed by atoms with E-state index >= 15 is 0 Å². The maximum atomic E-state index is 10.5. The summed E-state index contributed by atoms with van der Waals surface area (Å²) in [6.07, 6.45) is 0.577.